The van der Waals surface area contributed by atoms with E-state index in [1.54, 1.807) is 12.1 Å². The third-order valence-electron chi connectivity index (χ3n) is 1.67. The molecule has 0 aromatic heterocycles. The van der Waals surface area contributed by atoms with Crippen LogP contribution in [0, 0.1) is 0 Å². The van der Waals surface area contributed by atoms with Gasteiger partial charge in [0.2, 0.25) is 0 Å². The zero-order chi connectivity index (χ0) is 9.14. The van der Waals surface area contributed by atoms with Crippen molar-refractivity contribution in [3.63, 3.8) is 0 Å². The number of rotatable bonds is 2. The first-order chi connectivity index (χ1) is 5.65. The molecule has 0 unspecified atom stereocenters. The normalized spacial score (nSPS) is 9.83. The van der Waals surface area contributed by atoms with E-state index >= 15 is 0 Å². The molecule has 0 fully saturated rings. The van der Waals surface area contributed by atoms with Gasteiger partial charge in [-0.2, -0.15) is 0 Å². The fourth-order valence-electron chi connectivity index (χ4n) is 0.956. The van der Waals surface area contributed by atoms with E-state index in [1.165, 1.54) is 0 Å². The monoisotopic (exact) mass is 228 g/mol. The Labute approximate surface area is 79.3 Å². The molecular formula is C9H9BrO2. The number of carboxylic acids is 1. The average molecular weight is 229 g/mol. The molecule has 0 saturated carbocycles. The van der Waals surface area contributed by atoms with Crippen LogP contribution in [0.2, 0.25) is 0 Å². The van der Waals surface area contributed by atoms with Crippen molar-refractivity contribution in [2.24, 2.45) is 0 Å². The van der Waals surface area contributed by atoms with Crippen LogP contribution in [0.15, 0.2) is 22.7 Å². The molecule has 0 aliphatic carbocycles. The third kappa shape index (κ3) is 1.85. The molecule has 1 aromatic carbocycles. The number of aromatic carboxylic acids is 1. The van der Waals surface area contributed by atoms with Gasteiger partial charge in [0.25, 0.3) is 0 Å². The van der Waals surface area contributed by atoms with Gasteiger partial charge < -0.3 is 5.11 Å². The highest BCUT2D eigenvalue weighted by atomic mass is 79.9. The van der Waals surface area contributed by atoms with Crippen molar-refractivity contribution in [2.45, 2.75) is 13.3 Å². The smallest absolute Gasteiger partial charge is 0.336 e. The van der Waals surface area contributed by atoms with Crippen LogP contribution in [0.3, 0.4) is 0 Å². The Morgan fingerprint density at radius 2 is 2.25 bits per heavy atom. The van der Waals surface area contributed by atoms with Gasteiger partial charge >= 0.3 is 5.97 Å². The summed E-state index contributed by atoms with van der Waals surface area (Å²) in [5, 5.41) is 8.76. The SMILES string of the molecule is CCc1ccc(Br)c(C(=O)O)c1. The van der Waals surface area contributed by atoms with E-state index in [4.69, 9.17) is 5.11 Å². The molecule has 0 radical (unpaired) electrons. The number of carbonyl (C=O) groups is 1. The van der Waals surface area contributed by atoms with Crippen molar-refractivity contribution < 1.29 is 9.90 Å². The second-order valence-electron chi connectivity index (χ2n) is 2.47. The topological polar surface area (TPSA) is 37.3 Å². The first-order valence-electron chi connectivity index (χ1n) is 3.67. The maximum absolute atomic E-state index is 10.7. The van der Waals surface area contributed by atoms with Crippen molar-refractivity contribution >= 4 is 21.9 Å². The summed E-state index contributed by atoms with van der Waals surface area (Å²) in [5.41, 5.74) is 1.37. The van der Waals surface area contributed by atoms with Gasteiger partial charge in [0.15, 0.2) is 0 Å². The molecule has 3 heteroatoms. The molecule has 0 atom stereocenters. The summed E-state index contributed by atoms with van der Waals surface area (Å²) in [6, 6.07) is 5.37. The number of aryl methyl sites for hydroxylation is 1. The Kier molecular flexibility index (Phi) is 2.87. The van der Waals surface area contributed by atoms with Crippen LogP contribution in [-0.4, -0.2) is 11.1 Å². The van der Waals surface area contributed by atoms with Crippen LogP contribution in [0.5, 0.6) is 0 Å². The summed E-state index contributed by atoms with van der Waals surface area (Å²) in [6.07, 6.45) is 0.855. The minimum atomic E-state index is -0.892. The molecule has 0 spiro atoms. The molecule has 0 heterocycles. The van der Waals surface area contributed by atoms with Crippen LogP contribution < -0.4 is 0 Å². The minimum Gasteiger partial charge on any atom is -0.478 e. The fraction of sp³-hybridized carbons (Fsp3) is 0.222. The van der Waals surface area contributed by atoms with Crippen LogP contribution in [0.4, 0.5) is 0 Å². The minimum absolute atomic E-state index is 0.328. The molecule has 0 bridgehead atoms. The highest BCUT2D eigenvalue weighted by Crippen LogP contribution is 2.18. The maximum Gasteiger partial charge on any atom is 0.336 e. The van der Waals surface area contributed by atoms with Crippen LogP contribution in [0.1, 0.15) is 22.8 Å². The molecule has 12 heavy (non-hydrogen) atoms. The summed E-state index contributed by atoms with van der Waals surface area (Å²) >= 11 is 3.18. The van der Waals surface area contributed by atoms with Gasteiger partial charge in [0, 0.05) is 4.47 Å². The molecular weight excluding hydrogens is 220 g/mol. The van der Waals surface area contributed by atoms with E-state index < -0.39 is 5.97 Å². The first kappa shape index (κ1) is 9.26. The van der Waals surface area contributed by atoms with E-state index in [1.807, 2.05) is 13.0 Å². The fourth-order valence-corrected chi connectivity index (χ4v) is 1.37. The Hall–Kier alpha value is -0.830. The van der Waals surface area contributed by atoms with Gasteiger partial charge in [-0.3, -0.25) is 0 Å². The van der Waals surface area contributed by atoms with Crippen molar-refractivity contribution in [1.82, 2.24) is 0 Å². The number of halogens is 1. The lowest BCUT2D eigenvalue weighted by atomic mass is 10.1. The van der Waals surface area contributed by atoms with E-state index in [-0.39, 0.29) is 0 Å². The van der Waals surface area contributed by atoms with Gasteiger partial charge in [-0.1, -0.05) is 13.0 Å². The Balaban J connectivity index is 3.17. The average Bonchev–Trinajstić information content (AvgIpc) is 2.05. The highest BCUT2D eigenvalue weighted by Gasteiger charge is 2.07. The summed E-state index contributed by atoms with van der Waals surface area (Å²) < 4.78 is 0.632. The van der Waals surface area contributed by atoms with Gasteiger partial charge in [0.05, 0.1) is 5.56 Å². The molecule has 0 amide bonds. The van der Waals surface area contributed by atoms with Crippen LogP contribution in [-0.2, 0) is 6.42 Å². The first-order valence-corrected chi connectivity index (χ1v) is 4.46. The molecule has 1 rings (SSSR count). The molecule has 0 aliphatic heterocycles. The lowest BCUT2D eigenvalue weighted by molar-refractivity contribution is 0.0696. The Morgan fingerprint density at radius 3 is 2.75 bits per heavy atom. The number of hydrogen-bond acceptors (Lipinski definition) is 1. The molecule has 0 saturated heterocycles. The number of hydrogen-bond donors (Lipinski definition) is 1. The highest BCUT2D eigenvalue weighted by molar-refractivity contribution is 9.10. The third-order valence-corrected chi connectivity index (χ3v) is 2.36. The van der Waals surface area contributed by atoms with Crippen LogP contribution in [0.25, 0.3) is 0 Å². The summed E-state index contributed by atoms with van der Waals surface area (Å²) in [7, 11) is 0. The number of benzene rings is 1. The van der Waals surface area contributed by atoms with Gasteiger partial charge in [-0.25, -0.2) is 4.79 Å². The van der Waals surface area contributed by atoms with Crippen molar-refractivity contribution in [2.75, 3.05) is 0 Å². The van der Waals surface area contributed by atoms with Gasteiger partial charge in [0.1, 0.15) is 0 Å². The molecule has 1 aromatic rings. The van der Waals surface area contributed by atoms with E-state index in [0.717, 1.165) is 12.0 Å². The van der Waals surface area contributed by atoms with E-state index in [2.05, 4.69) is 15.9 Å². The van der Waals surface area contributed by atoms with Gasteiger partial charge in [-0.15, -0.1) is 0 Å². The Bertz CT molecular complexity index is 307. The standard InChI is InChI=1S/C9H9BrO2/c1-2-6-3-4-8(10)7(5-6)9(11)12/h3-5H,2H2,1H3,(H,11,12). The summed E-state index contributed by atoms with van der Waals surface area (Å²) in [4.78, 5) is 10.7. The summed E-state index contributed by atoms with van der Waals surface area (Å²) in [6.45, 7) is 1.99. The lowest BCUT2D eigenvalue weighted by Crippen LogP contribution is -1.98. The van der Waals surface area contributed by atoms with Crippen molar-refractivity contribution in [3.8, 4) is 0 Å². The summed E-state index contributed by atoms with van der Waals surface area (Å²) in [5.74, 6) is -0.892. The maximum atomic E-state index is 10.7. The van der Waals surface area contributed by atoms with Crippen molar-refractivity contribution in [1.29, 1.82) is 0 Å². The van der Waals surface area contributed by atoms with Gasteiger partial charge in [-0.05, 0) is 40.0 Å². The predicted molar refractivity (Wildman–Crippen MR) is 50.5 cm³/mol. The molecule has 2 nitrogen and oxygen atoms in total. The second-order valence-corrected chi connectivity index (χ2v) is 3.33. The largest absolute Gasteiger partial charge is 0.478 e. The predicted octanol–water partition coefficient (Wildman–Crippen LogP) is 2.71. The second kappa shape index (κ2) is 3.72. The van der Waals surface area contributed by atoms with E-state index in [9.17, 15) is 4.79 Å². The molecule has 64 valence electrons. The number of carboxylic acid groups (broad SMARTS) is 1. The zero-order valence-corrected chi connectivity index (χ0v) is 8.26. The molecule has 0 aliphatic rings. The van der Waals surface area contributed by atoms with Crippen molar-refractivity contribution in [3.05, 3.63) is 33.8 Å². The quantitative estimate of drug-likeness (QED) is 0.846. The zero-order valence-electron chi connectivity index (χ0n) is 6.67. The molecule has 1 N–H and O–H groups in total. The van der Waals surface area contributed by atoms with E-state index in [0.29, 0.717) is 10.0 Å². The lowest BCUT2D eigenvalue weighted by Gasteiger charge is -2.01. The van der Waals surface area contributed by atoms with Crippen LogP contribution >= 0.6 is 15.9 Å². The Morgan fingerprint density at radius 1 is 1.58 bits per heavy atom.